The first kappa shape index (κ1) is 31.4. The van der Waals surface area contributed by atoms with E-state index < -0.39 is 35.2 Å². The lowest BCUT2D eigenvalue weighted by Crippen LogP contribution is -2.52. The van der Waals surface area contributed by atoms with Gasteiger partial charge in [-0.25, -0.2) is 29.9 Å². The Kier molecular flexibility index (Phi) is 6.66. The molecule has 5 aromatic rings. The summed E-state index contributed by atoms with van der Waals surface area (Å²) in [6, 6.07) is 10.2. The van der Waals surface area contributed by atoms with E-state index in [9.17, 15) is 10.2 Å². The average Bonchev–Trinajstić information content (AvgIpc) is 3.79. The van der Waals surface area contributed by atoms with Crippen LogP contribution in [-0.4, -0.2) is 103 Å². The van der Waals surface area contributed by atoms with Crippen molar-refractivity contribution in [2.45, 2.75) is 105 Å². The van der Waals surface area contributed by atoms with Crippen molar-refractivity contribution >= 4 is 34.0 Å². The summed E-state index contributed by atoms with van der Waals surface area (Å²) in [6.07, 6.45) is 7.67. The number of imidazole rings is 2. The van der Waals surface area contributed by atoms with Crippen molar-refractivity contribution in [3.8, 4) is 0 Å². The van der Waals surface area contributed by atoms with E-state index in [0.717, 1.165) is 37.7 Å². The topological polar surface area (TPSA) is 226 Å². The summed E-state index contributed by atoms with van der Waals surface area (Å²) >= 11 is 0. The highest BCUT2D eigenvalue weighted by atomic mass is 16.7. The Morgan fingerprint density at radius 2 is 1.31 bits per heavy atom. The standard InChI is InChI=1S/C21H23N5O3.C13H15N5O4/c1-2-21-16(27-10-13-6-4-3-5-7-13)15(28-20(21)8-9-20)19(29-21)26-12-25-14-17(22)23-11-24-18(14)26;14-9-6-10(16-4-15-9)18(5-17-6)11-7-8(20)13(3-19,22-11)12(21-7)1-2-12/h3-7,11-12,15-16,19H,2,8-10H2,1H3,(H2,22,23,24);4-5,7-8,11,19-20H,1-3H2,(H2,14,15,16)/t15?,16-,19-,21-;7?,8-,11-,13-/m11/s1. The number of aliphatic hydroxyl groups is 2. The Labute approximate surface area is 290 Å². The summed E-state index contributed by atoms with van der Waals surface area (Å²) in [5, 5.41) is 20.4. The summed E-state index contributed by atoms with van der Waals surface area (Å²) < 4.78 is 35.5. The molecule has 2 saturated carbocycles. The molecule has 8 atom stereocenters. The number of anilines is 2. The second kappa shape index (κ2) is 10.8. The number of hydrogen-bond acceptors (Lipinski definition) is 15. The van der Waals surface area contributed by atoms with Gasteiger partial charge in [0.1, 0.15) is 64.9 Å². The van der Waals surface area contributed by atoms with Crippen molar-refractivity contribution in [3.05, 3.63) is 61.2 Å². The highest BCUT2D eigenvalue weighted by molar-refractivity contribution is 5.81. The maximum atomic E-state index is 10.5. The van der Waals surface area contributed by atoms with Gasteiger partial charge in [0.2, 0.25) is 0 Å². The molecule has 11 rings (SSSR count). The molecule has 1 aromatic carbocycles. The predicted molar refractivity (Wildman–Crippen MR) is 177 cm³/mol. The van der Waals surface area contributed by atoms with Crippen molar-refractivity contribution in [1.29, 1.82) is 0 Å². The molecule has 0 amide bonds. The molecule has 4 aromatic heterocycles. The molecular formula is C34H38N10O7. The zero-order chi connectivity index (χ0) is 34.8. The monoisotopic (exact) mass is 698 g/mol. The Hall–Kier alpha value is -4.36. The first-order valence-electron chi connectivity index (χ1n) is 17.3. The Bertz CT molecular complexity index is 2140. The lowest BCUT2D eigenvalue weighted by molar-refractivity contribution is -0.233. The van der Waals surface area contributed by atoms with E-state index in [1.54, 1.807) is 17.2 Å². The second-order valence-electron chi connectivity index (χ2n) is 14.3. The molecule has 6 aliphatic rings. The van der Waals surface area contributed by atoms with Gasteiger partial charge in [0, 0.05) is 0 Å². The minimum atomic E-state index is -1.07. The summed E-state index contributed by atoms with van der Waals surface area (Å²) in [5.41, 5.74) is 12.8. The van der Waals surface area contributed by atoms with Crippen molar-refractivity contribution < 1.29 is 33.9 Å². The van der Waals surface area contributed by atoms with Crippen LogP contribution in [0, 0.1) is 0 Å². The quantitative estimate of drug-likeness (QED) is 0.189. The Balaban J connectivity index is 0.000000133. The lowest BCUT2D eigenvalue weighted by atomic mass is 9.87. The van der Waals surface area contributed by atoms with E-state index >= 15 is 0 Å². The second-order valence-corrected chi connectivity index (χ2v) is 14.3. The third-order valence-corrected chi connectivity index (χ3v) is 11.8. The largest absolute Gasteiger partial charge is 0.393 e. The number of rotatable bonds is 7. The Morgan fingerprint density at radius 3 is 1.88 bits per heavy atom. The van der Waals surface area contributed by atoms with Crippen LogP contribution >= 0.6 is 0 Å². The van der Waals surface area contributed by atoms with Crippen molar-refractivity contribution in [2.75, 3.05) is 18.1 Å². The molecule has 2 spiro atoms. The van der Waals surface area contributed by atoms with Crippen LogP contribution < -0.4 is 11.5 Å². The van der Waals surface area contributed by atoms with Gasteiger partial charge in [0.15, 0.2) is 41.0 Å². The number of nitrogens with zero attached hydrogens (tertiary/aromatic N) is 8. The number of aliphatic hydroxyl groups excluding tert-OH is 2. The molecule has 266 valence electrons. The third-order valence-electron chi connectivity index (χ3n) is 11.8. The van der Waals surface area contributed by atoms with Crippen LogP contribution in [0.2, 0.25) is 0 Å². The SMILES string of the molecule is CC[C@]12O[C@@H](n3cnc4c(N)ncnc43)C(OC13CC3)[C@H]2OCc1ccccc1.Nc1ncnc2c1ncn2[C@@H]1O[C@]2(CO)[C@H](O)C1OC21CC1. The number of hydrogen-bond donors (Lipinski definition) is 4. The number of fused-ring (bicyclic) bond motifs is 8. The fourth-order valence-electron chi connectivity index (χ4n) is 8.97. The maximum absolute atomic E-state index is 10.5. The number of ether oxygens (including phenoxy) is 5. The number of aromatic nitrogens is 8. The van der Waals surface area contributed by atoms with E-state index in [2.05, 4.69) is 49.0 Å². The zero-order valence-electron chi connectivity index (χ0n) is 27.8. The molecule has 2 aliphatic carbocycles. The minimum Gasteiger partial charge on any atom is -0.393 e. The number of nitrogen functional groups attached to an aromatic ring is 2. The summed E-state index contributed by atoms with van der Waals surface area (Å²) in [4.78, 5) is 25.1. The average molecular weight is 699 g/mol. The van der Waals surface area contributed by atoms with Crippen LogP contribution in [0.3, 0.4) is 0 Å². The molecule has 2 unspecified atom stereocenters. The summed E-state index contributed by atoms with van der Waals surface area (Å²) in [6.45, 7) is 2.39. The molecule has 8 heterocycles. The lowest BCUT2D eigenvalue weighted by Gasteiger charge is -2.38. The fraction of sp³-hybridized carbons (Fsp3) is 0.529. The van der Waals surface area contributed by atoms with Gasteiger partial charge >= 0.3 is 0 Å². The van der Waals surface area contributed by atoms with Crippen molar-refractivity contribution in [2.24, 2.45) is 0 Å². The summed E-state index contributed by atoms with van der Waals surface area (Å²) in [5.74, 6) is 0.641. The van der Waals surface area contributed by atoms with Crippen LogP contribution in [0.1, 0.15) is 57.0 Å². The van der Waals surface area contributed by atoms with Crippen molar-refractivity contribution in [1.82, 2.24) is 39.0 Å². The van der Waals surface area contributed by atoms with Gasteiger partial charge in [-0.1, -0.05) is 37.3 Å². The highest BCUT2D eigenvalue weighted by Crippen LogP contribution is 2.67. The first-order valence-corrected chi connectivity index (χ1v) is 17.3. The van der Waals surface area contributed by atoms with Gasteiger partial charge in [-0.15, -0.1) is 0 Å². The normalized spacial score (nSPS) is 34.5. The maximum Gasteiger partial charge on any atom is 0.167 e. The Morgan fingerprint density at radius 1 is 0.765 bits per heavy atom. The molecule has 0 radical (unpaired) electrons. The van der Waals surface area contributed by atoms with Crippen LogP contribution in [0.15, 0.2) is 55.6 Å². The molecule has 6 N–H and O–H groups in total. The van der Waals surface area contributed by atoms with Gasteiger partial charge in [-0.2, -0.15) is 0 Å². The van der Waals surface area contributed by atoms with Gasteiger partial charge in [-0.05, 0) is 37.7 Å². The third kappa shape index (κ3) is 4.15. The predicted octanol–water partition coefficient (Wildman–Crippen LogP) is 1.56. The van der Waals surface area contributed by atoms with Crippen LogP contribution in [0.4, 0.5) is 11.6 Å². The van der Waals surface area contributed by atoms with Crippen LogP contribution in [-0.2, 0) is 30.3 Å². The van der Waals surface area contributed by atoms with E-state index in [1.807, 2.05) is 22.8 Å². The molecule has 17 heteroatoms. The summed E-state index contributed by atoms with van der Waals surface area (Å²) in [7, 11) is 0. The zero-order valence-corrected chi connectivity index (χ0v) is 27.8. The molecule has 17 nitrogen and oxygen atoms in total. The molecular weight excluding hydrogens is 660 g/mol. The van der Waals surface area contributed by atoms with Crippen molar-refractivity contribution in [3.63, 3.8) is 0 Å². The van der Waals surface area contributed by atoms with Gasteiger partial charge in [0.05, 0.1) is 25.9 Å². The molecule has 4 saturated heterocycles. The fourth-order valence-corrected chi connectivity index (χ4v) is 8.97. The molecule has 51 heavy (non-hydrogen) atoms. The van der Waals surface area contributed by atoms with Gasteiger partial charge in [-0.3, -0.25) is 9.13 Å². The van der Waals surface area contributed by atoms with Gasteiger partial charge < -0.3 is 45.4 Å². The van der Waals surface area contributed by atoms with E-state index in [-0.39, 0.29) is 36.5 Å². The minimum absolute atomic E-state index is 0.156. The smallest absolute Gasteiger partial charge is 0.167 e. The first-order chi connectivity index (χ1) is 24.8. The van der Waals surface area contributed by atoms with E-state index in [1.165, 1.54) is 12.7 Å². The molecule has 6 fully saturated rings. The molecule has 4 aliphatic heterocycles. The van der Waals surface area contributed by atoms with Gasteiger partial charge in [0.25, 0.3) is 0 Å². The van der Waals surface area contributed by atoms with Crippen LogP contribution in [0.25, 0.3) is 22.3 Å². The van der Waals surface area contributed by atoms with E-state index in [4.69, 9.17) is 35.2 Å². The number of nitrogens with two attached hydrogens (primary N) is 2. The highest BCUT2D eigenvalue weighted by Gasteiger charge is 2.79. The van der Waals surface area contributed by atoms with Crippen LogP contribution in [0.5, 0.6) is 0 Å². The number of benzene rings is 1. The van der Waals surface area contributed by atoms with E-state index in [0.29, 0.717) is 34.8 Å². The molecule has 4 bridgehead atoms.